The molecule has 8 nitrogen and oxygen atoms in total. The van der Waals surface area contributed by atoms with Gasteiger partial charge in [-0.1, -0.05) is 36.4 Å². The van der Waals surface area contributed by atoms with Crippen LogP contribution in [0.15, 0.2) is 53.3 Å². The minimum Gasteiger partial charge on any atom is -0.493 e. The van der Waals surface area contributed by atoms with E-state index in [2.05, 4.69) is 10.2 Å². The molecule has 1 aliphatic rings. The van der Waals surface area contributed by atoms with Crippen LogP contribution in [0.2, 0.25) is 0 Å². The molecule has 1 aromatic heterocycles. The van der Waals surface area contributed by atoms with Crippen molar-refractivity contribution in [3.63, 3.8) is 0 Å². The number of carbonyl (C=O) groups is 1. The second-order valence-electron chi connectivity index (χ2n) is 8.17. The fourth-order valence-electron chi connectivity index (χ4n) is 4.48. The van der Waals surface area contributed by atoms with Gasteiger partial charge in [-0.25, -0.2) is 0 Å². The number of esters is 1. The first-order valence-corrected chi connectivity index (χ1v) is 10.3. The zero-order valence-electron chi connectivity index (χ0n) is 18.2. The van der Waals surface area contributed by atoms with Crippen LogP contribution in [0.1, 0.15) is 35.2 Å². The monoisotopic (exact) mass is 438 g/mol. The summed E-state index contributed by atoms with van der Waals surface area (Å²) in [5, 5.41) is 16.8. The molecular formula is C24H26N2O6. The number of aromatic amines is 2. The Kier molecular flexibility index (Phi) is 5.80. The van der Waals surface area contributed by atoms with Crippen molar-refractivity contribution in [3.05, 3.63) is 81.3 Å². The molecule has 0 saturated heterocycles. The predicted molar refractivity (Wildman–Crippen MR) is 117 cm³/mol. The smallest absolute Gasteiger partial charge is 0.313 e. The van der Waals surface area contributed by atoms with Crippen molar-refractivity contribution >= 4 is 5.97 Å². The molecule has 0 radical (unpaired) electrons. The molecule has 8 heteroatoms. The van der Waals surface area contributed by atoms with Crippen LogP contribution >= 0.6 is 0 Å². The third-order valence-corrected chi connectivity index (χ3v) is 5.99. The molecule has 32 heavy (non-hydrogen) atoms. The van der Waals surface area contributed by atoms with Gasteiger partial charge in [0.15, 0.2) is 11.5 Å². The van der Waals surface area contributed by atoms with Gasteiger partial charge in [-0.3, -0.25) is 14.7 Å². The van der Waals surface area contributed by atoms with Gasteiger partial charge in [0.05, 0.1) is 25.7 Å². The van der Waals surface area contributed by atoms with Crippen LogP contribution in [0.5, 0.6) is 11.5 Å². The first kappa shape index (κ1) is 21.7. The third-order valence-electron chi connectivity index (χ3n) is 5.99. The van der Waals surface area contributed by atoms with Gasteiger partial charge in [0.2, 0.25) is 0 Å². The van der Waals surface area contributed by atoms with Gasteiger partial charge in [0.1, 0.15) is 6.61 Å². The number of hydrogen-bond donors (Lipinski definition) is 3. The topological polar surface area (TPSA) is 114 Å². The van der Waals surface area contributed by atoms with E-state index < -0.39 is 23.4 Å². The molecule has 3 N–H and O–H groups in total. The Morgan fingerprint density at radius 2 is 1.81 bits per heavy atom. The highest BCUT2D eigenvalue weighted by molar-refractivity contribution is 5.77. The van der Waals surface area contributed by atoms with E-state index in [1.54, 1.807) is 25.1 Å². The lowest BCUT2D eigenvalue weighted by molar-refractivity contribution is -0.161. The number of H-pyrrole nitrogens is 2. The SMILES string of the molecule is COc1ccc([C@@H]2c3c([nH][nH]c3=O)C[C@](C)(O)[C@H]2C(=O)OCc2ccccc2)cc1OC. The number of fused-ring (bicyclic) bond motifs is 1. The van der Waals surface area contributed by atoms with E-state index in [4.69, 9.17) is 14.2 Å². The van der Waals surface area contributed by atoms with Gasteiger partial charge in [0.25, 0.3) is 5.56 Å². The second-order valence-corrected chi connectivity index (χ2v) is 8.17. The number of rotatable bonds is 6. The summed E-state index contributed by atoms with van der Waals surface area (Å²) in [6, 6.07) is 14.5. The Morgan fingerprint density at radius 1 is 1.09 bits per heavy atom. The number of carbonyl (C=O) groups excluding carboxylic acids is 1. The van der Waals surface area contributed by atoms with Gasteiger partial charge in [-0.05, 0) is 30.2 Å². The highest BCUT2D eigenvalue weighted by Crippen LogP contribution is 2.46. The maximum atomic E-state index is 13.3. The minimum absolute atomic E-state index is 0.0707. The number of methoxy groups -OCH3 is 2. The van der Waals surface area contributed by atoms with Gasteiger partial charge in [0, 0.05) is 23.6 Å². The summed E-state index contributed by atoms with van der Waals surface area (Å²) in [7, 11) is 3.04. The number of hydrogen-bond acceptors (Lipinski definition) is 6. The molecule has 3 aromatic rings. The lowest BCUT2D eigenvalue weighted by Gasteiger charge is -2.40. The molecule has 4 rings (SSSR count). The summed E-state index contributed by atoms with van der Waals surface area (Å²) in [6.45, 7) is 1.66. The summed E-state index contributed by atoms with van der Waals surface area (Å²) in [6.07, 6.45) is 0.107. The van der Waals surface area contributed by atoms with Gasteiger partial charge in [-0.15, -0.1) is 0 Å². The first-order valence-electron chi connectivity index (χ1n) is 10.3. The van der Waals surface area contributed by atoms with Crippen LogP contribution in [0.4, 0.5) is 0 Å². The van der Waals surface area contributed by atoms with Crippen molar-refractivity contribution in [2.75, 3.05) is 14.2 Å². The van der Waals surface area contributed by atoms with Gasteiger partial charge >= 0.3 is 5.97 Å². The molecule has 1 aliphatic carbocycles. The summed E-state index contributed by atoms with van der Waals surface area (Å²) >= 11 is 0. The van der Waals surface area contributed by atoms with E-state index in [0.29, 0.717) is 28.3 Å². The van der Waals surface area contributed by atoms with Crippen molar-refractivity contribution in [2.45, 2.75) is 31.5 Å². The van der Waals surface area contributed by atoms with E-state index >= 15 is 0 Å². The third kappa shape index (κ3) is 3.89. The van der Waals surface area contributed by atoms with Crippen molar-refractivity contribution in [1.82, 2.24) is 10.2 Å². The van der Waals surface area contributed by atoms with Crippen LogP contribution in [0.25, 0.3) is 0 Å². The van der Waals surface area contributed by atoms with Crippen molar-refractivity contribution in [1.29, 1.82) is 0 Å². The van der Waals surface area contributed by atoms with Crippen LogP contribution < -0.4 is 15.0 Å². The minimum atomic E-state index is -1.45. The molecule has 0 fully saturated rings. The van der Waals surface area contributed by atoms with Crippen molar-refractivity contribution in [3.8, 4) is 11.5 Å². The molecule has 1 heterocycles. The second kappa shape index (κ2) is 8.55. The quantitative estimate of drug-likeness (QED) is 0.510. The Labute approximate surface area is 185 Å². The zero-order valence-corrected chi connectivity index (χ0v) is 18.2. The van der Waals surface area contributed by atoms with E-state index in [9.17, 15) is 14.7 Å². The lowest BCUT2D eigenvalue weighted by Crippen LogP contribution is -2.50. The molecule has 168 valence electrons. The van der Waals surface area contributed by atoms with E-state index in [1.165, 1.54) is 14.2 Å². The first-order chi connectivity index (χ1) is 15.4. The number of aliphatic hydroxyl groups is 1. The Balaban J connectivity index is 1.78. The normalized spacial score (nSPS) is 22.1. The van der Waals surface area contributed by atoms with Crippen LogP contribution in [0.3, 0.4) is 0 Å². The molecule has 0 unspecified atom stereocenters. The number of nitrogens with one attached hydrogen (secondary N) is 2. The summed E-state index contributed by atoms with van der Waals surface area (Å²) in [5.41, 5.74) is 0.646. The van der Waals surface area contributed by atoms with Gasteiger partial charge in [-0.2, -0.15) is 0 Å². The lowest BCUT2D eigenvalue weighted by atomic mass is 9.66. The standard InChI is InChI=1S/C24H26N2O6/c1-24(29)12-16-20(22(27)26-25-16)19(15-9-10-17(30-2)18(11-15)31-3)21(24)23(28)32-13-14-7-5-4-6-8-14/h4-11,19,21,29H,12-13H2,1-3H3,(H2,25,26,27)/t19-,21-,24+/m1/s1. The van der Waals surface area contributed by atoms with Crippen LogP contribution in [-0.2, 0) is 22.6 Å². The number of benzene rings is 2. The summed E-state index contributed by atoms with van der Waals surface area (Å²) in [5.74, 6) is -1.35. The molecular weight excluding hydrogens is 412 g/mol. The van der Waals surface area contributed by atoms with Crippen LogP contribution in [-0.4, -0.2) is 41.1 Å². The molecule has 0 amide bonds. The Morgan fingerprint density at radius 3 is 2.50 bits per heavy atom. The average molecular weight is 438 g/mol. The van der Waals surface area contributed by atoms with E-state index in [1.807, 2.05) is 30.3 Å². The van der Waals surface area contributed by atoms with E-state index in [-0.39, 0.29) is 18.6 Å². The Hall–Kier alpha value is -3.52. The zero-order chi connectivity index (χ0) is 22.9. The average Bonchev–Trinajstić information content (AvgIpc) is 3.15. The number of ether oxygens (including phenoxy) is 3. The van der Waals surface area contributed by atoms with Crippen LogP contribution in [0, 0.1) is 5.92 Å². The Bertz CT molecular complexity index is 1160. The maximum absolute atomic E-state index is 13.3. The molecule has 0 saturated carbocycles. The highest BCUT2D eigenvalue weighted by atomic mass is 16.5. The predicted octanol–water partition coefficient (Wildman–Crippen LogP) is 2.52. The summed E-state index contributed by atoms with van der Waals surface area (Å²) < 4.78 is 16.4. The molecule has 0 aliphatic heterocycles. The largest absolute Gasteiger partial charge is 0.493 e. The molecule has 3 atom stereocenters. The highest BCUT2D eigenvalue weighted by Gasteiger charge is 2.51. The molecule has 2 aromatic carbocycles. The maximum Gasteiger partial charge on any atom is 0.313 e. The van der Waals surface area contributed by atoms with E-state index in [0.717, 1.165) is 5.56 Å². The van der Waals surface area contributed by atoms with Gasteiger partial charge < -0.3 is 24.4 Å². The fourth-order valence-corrected chi connectivity index (χ4v) is 4.48. The molecule has 0 spiro atoms. The fraction of sp³-hybridized carbons (Fsp3) is 0.333. The molecule has 0 bridgehead atoms. The van der Waals surface area contributed by atoms with Crippen molar-refractivity contribution in [2.24, 2.45) is 5.92 Å². The summed E-state index contributed by atoms with van der Waals surface area (Å²) in [4.78, 5) is 26.0. The number of aromatic nitrogens is 2. The van der Waals surface area contributed by atoms with Crippen molar-refractivity contribution < 1.29 is 24.1 Å².